The van der Waals surface area contributed by atoms with E-state index >= 15 is 0 Å². The van der Waals surface area contributed by atoms with E-state index in [4.69, 9.17) is 9.47 Å². The van der Waals surface area contributed by atoms with Crippen LogP contribution in [0.25, 0.3) is 0 Å². The molecule has 1 N–H and O–H groups in total. The van der Waals surface area contributed by atoms with E-state index in [-0.39, 0.29) is 35.8 Å². The van der Waals surface area contributed by atoms with E-state index in [0.29, 0.717) is 13.0 Å². The van der Waals surface area contributed by atoms with Crippen LogP contribution < -0.4 is 0 Å². The molecule has 0 bridgehead atoms. The van der Waals surface area contributed by atoms with Gasteiger partial charge in [0.15, 0.2) is 0 Å². The van der Waals surface area contributed by atoms with Crippen molar-refractivity contribution in [3.05, 3.63) is 11.6 Å². The summed E-state index contributed by atoms with van der Waals surface area (Å²) in [6, 6.07) is 0. The Balaban J connectivity index is 2.03. The first kappa shape index (κ1) is 17.0. The number of ether oxygens (including phenoxy) is 2. The van der Waals surface area contributed by atoms with Crippen molar-refractivity contribution in [3.8, 4) is 0 Å². The van der Waals surface area contributed by atoms with Crippen molar-refractivity contribution in [2.24, 2.45) is 17.8 Å². The van der Waals surface area contributed by atoms with Gasteiger partial charge in [0.25, 0.3) is 0 Å². The zero-order valence-corrected chi connectivity index (χ0v) is 13.8. The molecule has 0 amide bonds. The maximum Gasteiger partial charge on any atom is 0.309 e. The minimum absolute atomic E-state index is 0.0543. The summed E-state index contributed by atoms with van der Waals surface area (Å²) < 4.78 is 10.3. The lowest BCUT2D eigenvalue weighted by Gasteiger charge is -2.38. The van der Waals surface area contributed by atoms with Gasteiger partial charge in [-0.2, -0.15) is 0 Å². The van der Waals surface area contributed by atoms with E-state index in [1.54, 1.807) is 6.92 Å². The molecule has 1 fully saturated rings. The van der Waals surface area contributed by atoms with Gasteiger partial charge in [-0.25, -0.2) is 0 Å². The molecule has 22 heavy (non-hydrogen) atoms. The van der Waals surface area contributed by atoms with Crippen LogP contribution in [0.15, 0.2) is 11.6 Å². The second-order valence-electron chi connectivity index (χ2n) is 6.82. The van der Waals surface area contributed by atoms with Gasteiger partial charge in [0.05, 0.1) is 18.1 Å². The first-order valence-electron chi connectivity index (χ1n) is 8.01. The highest BCUT2D eigenvalue weighted by Gasteiger charge is 2.48. The fraction of sp³-hybridized carbons (Fsp3) is 0.765. The van der Waals surface area contributed by atoms with Gasteiger partial charge in [-0.1, -0.05) is 19.9 Å². The van der Waals surface area contributed by atoms with Gasteiger partial charge in [-0.15, -0.1) is 0 Å². The Labute approximate surface area is 131 Å². The molecule has 1 aliphatic carbocycles. The molecule has 5 atom stereocenters. The van der Waals surface area contributed by atoms with E-state index in [2.05, 4.69) is 6.92 Å². The van der Waals surface area contributed by atoms with Crippen molar-refractivity contribution in [2.75, 3.05) is 6.61 Å². The van der Waals surface area contributed by atoms with E-state index in [1.807, 2.05) is 13.0 Å². The van der Waals surface area contributed by atoms with Gasteiger partial charge in [-0.3, -0.25) is 9.59 Å². The van der Waals surface area contributed by atoms with Crippen molar-refractivity contribution in [3.63, 3.8) is 0 Å². The van der Waals surface area contributed by atoms with Crippen LogP contribution in [0.2, 0.25) is 0 Å². The topological polar surface area (TPSA) is 72.8 Å². The van der Waals surface area contributed by atoms with Gasteiger partial charge in [0.2, 0.25) is 0 Å². The Morgan fingerprint density at radius 2 is 2.27 bits per heavy atom. The van der Waals surface area contributed by atoms with Crippen LogP contribution in [-0.4, -0.2) is 35.4 Å². The van der Waals surface area contributed by atoms with E-state index in [9.17, 15) is 14.7 Å². The van der Waals surface area contributed by atoms with E-state index < -0.39 is 5.60 Å². The van der Waals surface area contributed by atoms with Gasteiger partial charge in [-0.05, 0) is 31.3 Å². The third-order valence-electron chi connectivity index (χ3n) is 4.86. The predicted molar refractivity (Wildman–Crippen MR) is 80.9 cm³/mol. The Kier molecular flexibility index (Phi) is 4.95. The van der Waals surface area contributed by atoms with E-state index in [0.717, 1.165) is 18.4 Å². The Bertz CT molecular complexity index is 479. The molecule has 1 aliphatic heterocycles. The van der Waals surface area contributed by atoms with Crippen LogP contribution >= 0.6 is 0 Å². The van der Waals surface area contributed by atoms with Crippen molar-refractivity contribution in [1.29, 1.82) is 0 Å². The van der Waals surface area contributed by atoms with Crippen molar-refractivity contribution in [1.82, 2.24) is 0 Å². The molecule has 124 valence electrons. The summed E-state index contributed by atoms with van der Waals surface area (Å²) in [5, 5.41) is 10.7. The summed E-state index contributed by atoms with van der Waals surface area (Å²) in [6.07, 6.45) is 3.87. The molecule has 5 nitrogen and oxygen atoms in total. The lowest BCUT2D eigenvalue weighted by Crippen LogP contribution is -2.41. The smallest absolute Gasteiger partial charge is 0.309 e. The summed E-state index contributed by atoms with van der Waals surface area (Å²) in [6.45, 7) is 7.54. The summed E-state index contributed by atoms with van der Waals surface area (Å²) in [5.41, 5.74) is 0.0218. The van der Waals surface area contributed by atoms with Gasteiger partial charge >= 0.3 is 11.9 Å². The van der Waals surface area contributed by atoms with Crippen LogP contribution in [-0.2, 0) is 19.1 Å². The zero-order chi connectivity index (χ0) is 16.5. The van der Waals surface area contributed by atoms with Crippen LogP contribution in [0, 0.1) is 17.8 Å². The number of esters is 2. The van der Waals surface area contributed by atoms with Crippen LogP contribution in [0.1, 0.15) is 47.0 Å². The Hall–Kier alpha value is -1.36. The average molecular weight is 310 g/mol. The minimum Gasteiger partial charge on any atom is -0.466 e. The number of carbonyl (C=O) groups excluding carboxylic acids is 2. The zero-order valence-electron chi connectivity index (χ0n) is 13.8. The molecule has 0 radical (unpaired) electrons. The van der Waals surface area contributed by atoms with Crippen LogP contribution in [0.4, 0.5) is 0 Å². The maximum atomic E-state index is 11.7. The highest BCUT2D eigenvalue weighted by atomic mass is 16.6. The number of rotatable bonds is 5. The van der Waals surface area contributed by atoms with Crippen molar-refractivity contribution >= 4 is 11.9 Å². The third kappa shape index (κ3) is 3.51. The average Bonchev–Trinajstić information content (AvgIpc) is 2.67. The monoisotopic (exact) mass is 310 g/mol. The SMILES string of the molecule is CC(=O)OCCCC(C)C1=CC2C(CC1(C)O)OC(=O)C2C. The lowest BCUT2D eigenvalue weighted by molar-refractivity contribution is -0.145. The second kappa shape index (κ2) is 6.41. The quantitative estimate of drug-likeness (QED) is 0.479. The maximum absolute atomic E-state index is 11.7. The second-order valence-corrected chi connectivity index (χ2v) is 6.82. The molecule has 2 rings (SSSR count). The summed E-state index contributed by atoms with van der Waals surface area (Å²) in [5.74, 6) is -0.363. The Morgan fingerprint density at radius 1 is 1.59 bits per heavy atom. The first-order chi connectivity index (χ1) is 10.2. The molecule has 1 heterocycles. The summed E-state index contributed by atoms with van der Waals surface area (Å²) in [7, 11) is 0. The van der Waals surface area contributed by atoms with Crippen molar-refractivity contribution in [2.45, 2.75) is 58.7 Å². The van der Waals surface area contributed by atoms with Gasteiger partial charge < -0.3 is 14.6 Å². The molecule has 1 saturated heterocycles. The van der Waals surface area contributed by atoms with Crippen LogP contribution in [0.5, 0.6) is 0 Å². The highest BCUT2D eigenvalue weighted by molar-refractivity contribution is 5.75. The third-order valence-corrected chi connectivity index (χ3v) is 4.86. The molecule has 0 aromatic rings. The largest absolute Gasteiger partial charge is 0.466 e. The molecular weight excluding hydrogens is 284 g/mol. The molecular formula is C17H26O5. The molecule has 0 aromatic carbocycles. The number of hydrogen-bond acceptors (Lipinski definition) is 5. The highest BCUT2D eigenvalue weighted by Crippen LogP contribution is 2.44. The first-order valence-corrected chi connectivity index (χ1v) is 8.01. The van der Waals surface area contributed by atoms with Crippen molar-refractivity contribution < 1.29 is 24.2 Å². The molecule has 5 unspecified atom stereocenters. The van der Waals surface area contributed by atoms with E-state index in [1.165, 1.54) is 6.92 Å². The number of carbonyl (C=O) groups is 2. The fourth-order valence-electron chi connectivity index (χ4n) is 3.60. The number of aliphatic hydroxyl groups is 1. The minimum atomic E-state index is -0.952. The Morgan fingerprint density at radius 3 is 2.91 bits per heavy atom. The molecule has 0 aromatic heterocycles. The van der Waals surface area contributed by atoms with Crippen LogP contribution in [0.3, 0.4) is 0 Å². The normalized spacial score (nSPS) is 35.4. The number of hydrogen-bond donors (Lipinski definition) is 1. The fourth-order valence-corrected chi connectivity index (χ4v) is 3.60. The molecule has 2 aliphatic rings. The molecule has 0 saturated carbocycles. The molecule has 0 spiro atoms. The van der Waals surface area contributed by atoms with Gasteiger partial charge in [0.1, 0.15) is 6.10 Å². The lowest BCUT2D eigenvalue weighted by atomic mass is 9.71. The standard InChI is InChI=1S/C17H26O5/c1-10(6-5-7-21-12(3)18)14-8-13-11(2)16(19)22-15(13)9-17(14,4)20/h8,10-11,13,15,20H,5-7,9H2,1-4H3. The predicted octanol–water partition coefficient (Wildman–Crippen LogP) is 2.22. The molecule has 5 heteroatoms. The summed E-state index contributed by atoms with van der Waals surface area (Å²) in [4.78, 5) is 22.5. The van der Waals surface area contributed by atoms with Gasteiger partial charge in [0, 0.05) is 19.3 Å². The number of fused-ring (bicyclic) bond motifs is 1. The summed E-state index contributed by atoms with van der Waals surface area (Å²) >= 11 is 0.